The molecule has 0 spiro atoms. The van der Waals surface area contributed by atoms with Crippen molar-refractivity contribution in [3.8, 4) is 0 Å². The van der Waals surface area contributed by atoms with E-state index in [1.54, 1.807) is 11.3 Å². The molecule has 30 heavy (non-hydrogen) atoms. The predicted molar refractivity (Wildman–Crippen MR) is 127 cm³/mol. The monoisotopic (exact) mass is 428 g/mol. The van der Waals surface area contributed by atoms with Crippen molar-refractivity contribution >= 4 is 17.3 Å². The molecule has 1 fully saturated rings. The lowest BCUT2D eigenvalue weighted by atomic mass is 9.96. The van der Waals surface area contributed by atoms with Crippen molar-refractivity contribution in [1.29, 1.82) is 0 Å². The second kappa shape index (κ2) is 10.9. The zero-order valence-electron chi connectivity index (χ0n) is 18.5. The van der Waals surface area contributed by atoms with E-state index < -0.39 is 5.60 Å². The van der Waals surface area contributed by atoms with Crippen molar-refractivity contribution in [3.05, 3.63) is 57.8 Å². The van der Waals surface area contributed by atoms with Crippen LogP contribution < -0.4 is 10.6 Å². The van der Waals surface area contributed by atoms with Crippen LogP contribution in [0.15, 0.2) is 46.8 Å². The quantitative estimate of drug-likeness (QED) is 0.443. The molecule has 6 heteroatoms. The first kappa shape index (κ1) is 22.8. The second-order valence-corrected chi connectivity index (χ2v) is 9.48. The van der Waals surface area contributed by atoms with Gasteiger partial charge in [0.2, 0.25) is 0 Å². The van der Waals surface area contributed by atoms with Crippen LogP contribution in [0.2, 0.25) is 0 Å². The molecule has 164 valence electrons. The molecule has 0 amide bonds. The maximum atomic E-state index is 10.7. The molecule has 1 aromatic heterocycles. The molecule has 5 nitrogen and oxygen atoms in total. The fraction of sp³-hybridized carbons (Fsp3) is 0.542. The molecule has 0 radical (unpaired) electrons. The van der Waals surface area contributed by atoms with E-state index in [0.717, 1.165) is 43.6 Å². The maximum absolute atomic E-state index is 10.7. The third-order valence-electron chi connectivity index (χ3n) is 5.73. The summed E-state index contributed by atoms with van der Waals surface area (Å²) in [5.74, 6) is 1.44. The number of aliphatic hydroxyl groups is 1. The van der Waals surface area contributed by atoms with Gasteiger partial charge in [-0.2, -0.15) is 0 Å². The Morgan fingerprint density at radius 1 is 1.20 bits per heavy atom. The molecule has 0 bridgehead atoms. The molecule has 2 heterocycles. The molecule has 0 saturated carbocycles. The number of aliphatic imine (C=N–C) groups is 1. The number of guanidine groups is 1. The Bertz CT molecular complexity index is 778. The van der Waals surface area contributed by atoms with Gasteiger partial charge in [-0.15, -0.1) is 11.3 Å². The van der Waals surface area contributed by atoms with Crippen LogP contribution in [0.25, 0.3) is 0 Å². The van der Waals surface area contributed by atoms with Crippen molar-refractivity contribution < 1.29 is 5.11 Å². The van der Waals surface area contributed by atoms with Crippen molar-refractivity contribution in [2.45, 2.75) is 45.8 Å². The highest BCUT2D eigenvalue weighted by molar-refractivity contribution is 7.10. The highest BCUT2D eigenvalue weighted by Crippen LogP contribution is 2.25. The number of benzene rings is 1. The number of rotatable bonds is 8. The first-order valence-corrected chi connectivity index (χ1v) is 11.9. The molecule has 3 rings (SSSR count). The van der Waals surface area contributed by atoms with E-state index in [1.807, 2.05) is 24.4 Å². The largest absolute Gasteiger partial charge is 0.383 e. The minimum Gasteiger partial charge on any atom is -0.383 e. The number of thiophene rings is 1. The van der Waals surface area contributed by atoms with Crippen molar-refractivity contribution in [1.82, 2.24) is 15.5 Å². The van der Waals surface area contributed by atoms with Crippen LogP contribution in [0.1, 0.15) is 42.7 Å². The van der Waals surface area contributed by atoms with Crippen molar-refractivity contribution in [3.63, 3.8) is 0 Å². The van der Waals surface area contributed by atoms with Gasteiger partial charge in [-0.1, -0.05) is 35.9 Å². The molecule has 1 unspecified atom stereocenters. The summed E-state index contributed by atoms with van der Waals surface area (Å²) in [7, 11) is 0. The van der Waals surface area contributed by atoms with Crippen LogP contribution in [0.5, 0.6) is 0 Å². The van der Waals surface area contributed by atoms with E-state index in [0.29, 0.717) is 12.5 Å². The Balaban J connectivity index is 1.44. The Morgan fingerprint density at radius 3 is 2.57 bits per heavy atom. The van der Waals surface area contributed by atoms with Gasteiger partial charge in [-0.25, -0.2) is 4.99 Å². The molecule has 0 aliphatic carbocycles. The third-order valence-corrected chi connectivity index (χ3v) is 6.86. The molecule has 1 aliphatic heterocycles. The van der Waals surface area contributed by atoms with Gasteiger partial charge in [0.1, 0.15) is 5.60 Å². The van der Waals surface area contributed by atoms with Crippen LogP contribution in [-0.2, 0) is 12.1 Å². The number of hydrogen-bond acceptors (Lipinski definition) is 4. The summed E-state index contributed by atoms with van der Waals surface area (Å²) in [5, 5.41) is 19.5. The summed E-state index contributed by atoms with van der Waals surface area (Å²) < 4.78 is 0. The summed E-state index contributed by atoms with van der Waals surface area (Å²) in [6, 6.07) is 12.8. The summed E-state index contributed by atoms with van der Waals surface area (Å²) in [4.78, 5) is 8.15. The van der Waals surface area contributed by atoms with E-state index in [2.05, 4.69) is 58.6 Å². The Kier molecular flexibility index (Phi) is 8.31. The molecule has 1 atom stereocenters. The fourth-order valence-electron chi connectivity index (χ4n) is 3.78. The van der Waals surface area contributed by atoms with Gasteiger partial charge in [0.05, 0.1) is 6.54 Å². The minimum absolute atomic E-state index is 0.345. The summed E-state index contributed by atoms with van der Waals surface area (Å²) >= 11 is 1.57. The van der Waals surface area contributed by atoms with E-state index >= 15 is 0 Å². The average Bonchev–Trinajstić information content (AvgIpc) is 3.29. The molecule has 2 aromatic rings. The molecule has 1 aromatic carbocycles. The first-order valence-electron chi connectivity index (χ1n) is 11.0. The molecular weight excluding hydrogens is 392 g/mol. The number of aryl methyl sites for hydroxylation is 1. The van der Waals surface area contributed by atoms with Gasteiger partial charge in [0.25, 0.3) is 0 Å². The van der Waals surface area contributed by atoms with E-state index in [1.165, 1.54) is 24.0 Å². The predicted octanol–water partition coefficient (Wildman–Crippen LogP) is 3.73. The van der Waals surface area contributed by atoms with Crippen LogP contribution in [0, 0.1) is 12.8 Å². The lowest BCUT2D eigenvalue weighted by Crippen LogP contribution is -2.43. The topological polar surface area (TPSA) is 59.9 Å². The minimum atomic E-state index is -0.933. The number of hydrogen-bond donors (Lipinski definition) is 3. The van der Waals surface area contributed by atoms with E-state index in [-0.39, 0.29) is 0 Å². The SMILES string of the molecule is CCNC(=NCC(C)(O)c1cccs1)NCC1CCN(Cc2ccc(C)cc2)CC1. The number of nitrogens with one attached hydrogen (secondary N) is 2. The summed E-state index contributed by atoms with van der Waals surface area (Å²) in [6.07, 6.45) is 2.40. The van der Waals surface area contributed by atoms with Gasteiger partial charge in [0.15, 0.2) is 5.96 Å². The Hall–Kier alpha value is -1.89. The van der Waals surface area contributed by atoms with E-state index in [9.17, 15) is 5.11 Å². The second-order valence-electron chi connectivity index (χ2n) is 8.53. The molecular formula is C24H36N4OS. The van der Waals surface area contributed by atoms with Crippen LogP contribution in [0.3, 0.4) is 0 Å². The smallest absolute Gasteiger partial charge is 0.191 e. The van der Waals surface area contributed by atoms with Gasteiger partial charge in [0, 0.05) is 24.5 Å². The highest BCUT2D eigenvalue weighted by atomic mass is 32.1. The van der Waals surface area contributed by atoms with Gasteiger partial charge in [-0.05, 0) is 69.6 Å². The zero-order chi connectivity index (χ0) is 21.4. The van der Waals surface area contributed by atoms with Crippen LogP contribution in [-0.4, -0.2) is 48.7 Å². The summed E-state index contributed by atoms with van der Waals surface area (Å²) in [6.45, 7) is 11.4. The average molecular weight is 429 g/mol. The molecule has 1 saturated heterocycles. The number of likely N-dealkylation sites (tertiary alicyclic amines) is 1. The Labute approximate surface area is 185 Å². The third kappa shape index (κ3) is 6.83. The fourth-order valence-corrected chi connectivity index (χ4v) is 4.56. The van der Waals surface area contributed by atoms with E-state index in [4.69, 9.17) is 0 Å². The van der Waals surface area contributed by atoms with Gasteiger partial charge in [-0.3, -0.25) is 4.90 Å². The standard InChI is InChI=1S/C24H36N4OS/c1-4-25-23(27-18-24(3,29)22-6-5-15-30-22)26-16-20-11-13-28(14-12-20)17-21-9-7-19(2)8-10-21/h5-10,15,20,29H,4,11-14,16-18H2,1-3H3,(H2,25,26,27). The van der Waals surface area contributed by atoms with Gasteiger partial charge >= 0.3 is 0 Å². The normalized spacial score (nSPS) is 18.2. The van der Waals surface area contributed by atoms with Crippen LogP contribution >= 0.6 is 11.3 Å². The number of piperidine rings is 1. The van der Waals surface area contributed by atoms with Crippen molar-refractivity contribution in [2.24, 2.45) is 10.9 Å². The zero-order valence-corrected chi connectivity index (χ0v) is 19.3. The first-order chi connectivity index (χ1) is 14.5. The lowest BCUT2D eigenvalue weighted by molar-refractivity contribution is 0.0711. The lowest BCUT2D eigenvalue weighted by Gasteiger charge is -2.32. The highest BCUT2D eigenvalue weighted by Gasteiger charge is 2.24. The van der Waals surface area contributed by atoms with Gasteiger partial charge < -0.3 is 15.7 Å². The van der Waals surface area contributed by atoms with Crippen molar-refractivity contribution in [2.75, 3.05) is 32.7 Å². The molecule has 1 aliphatic rings. The maximum Gasteiger partial charge on any atom is 0.191 e. The molecule has 3 N–H and O–H groups in total. The Morgan fingerprint density at radius 2 is 1.93 bits per heavy atom. The summed E-state index contributed by atoms with van der Waals surface area (Å²) in [5.41, 5.74) is 1.79. The number of nitrogens with zero attached hydrogens (tertiary/aromatic N) is 2. The van der Waals surface area contributed by atoms with Crippen LogP contribution in [0.4, 0.5) is 0 Å².